The summed E-state index contributed by atoms with van der Waals surface area (Å²) in [5.74, 6) is 0.370. The van der Waals surface area contributed by atoms with Crippen molar-refractivity contribution in [2.75, 3.05) is 19.6 Å². The lowest BCUT2D eigenvalue weighted by Gasteiger charge is -2.38. The average Bonchev–Trinajstić information content (AvgIpc) is 2.89. The fraction of sp³-hybridized carbons (Fsp3) is 0.632. The van der Waals surface area contributed by atoms with E-state index in [1.54, 1.807) is 0 Å². The van der Waals surface area contributed by atoms with Gasteiger partial charge in [0.2, 0.25) is 5.91 Å². The normalized spacial score (nSPS) is 23.3. The Morgan fingerprint density at radius 2 is 1.82 bits per heavy atom. The number of piperidine rings is 1. The summed E-state index contributed by atoms with van der Waals surface area (Å²) in [5, 5.41) is 0. The third-order valence-electron chi connectivity index (χ3n) is 5.25. The molecule has 3 rings (SSSR count). The second-order valence-electron chi connectivity index (χ2n) is 7.10. The van der Waals surface area contributed by atoms with Crippen LogP contribution in [0.5, 0.6) is 0 Å². The molecule has 0 radical (unpaired) electrons. The SMILES string of the molecule is Cc1cc(C)c(CN2CCC[C@@H](N3CCCC3=O)C2)c(C)c1. The van der Waals surface area contributed by atoms with E-state index >= 15 is 0 Å². The van der Waals surface area contributed by atoms with Gasteiger partial charge in [0, 0.05) is 32.1 Å². The van der Waals surface area contributed by atoms with Crippen LogP contribution >= 0.6 is 0 Å². The highest BCUT2D eigenvalue weighted by molar-refractivity contribution is 5.78. The van der Waals surface area contributed by atoms with Crippen LogP contribution in [0.1, 0.15) is 47.9 Å². The highest BCUT2D eigenvalue weighted by Gasteiger charge is 2.31. The first-order valence-electron chi connectivity index (χ1n) is 8.63. The minimum absolute atomic E-state index is 0.370. The minimum atomic E-state index is 0.370. The van der Waals surface area contributed by atoms with Crippen LogP contribution in [0.2, 0.25) is 0 Å². The van der Waals surface area contributed by atoms with E-state index in [-0.39, 0.29) is 0 Å². The lowest BCUT2D eigenvalue weighted by atomic mass is 9.97. The van der Waals surface area contributed by atoms with Crippen LogP contribution in [-0.4, -0.2) is 41.4 Å². The monoisotopic (exact) mass is 300 g/mol. The third kappa shape index (κ3) is 3.19. The molecule has 2 saturated heterocycles. The highest BCUT2D eigenvalue weighted by atomic mass is 16.2. The highest BCUT2D eigenvalue weighted by Crippen LogP contribution is 2.24. The van der Waals surface area contributed by atoms with Gasteiger partial charge in [0.1, 0.15) is 0 Å². The zero-order valence-electron chi connectivity index (χ0n) is 14.2. The number of likely N-dealkylation sites (tertiary alicyclic amines) is 2. The van der Waals surface area contributed by atoms with Crippen molar-refractivity contribution in [1.82, 2.24) is 9.80 Å². The predicted octanol–water partition coefficient (Wildman–Crippen LogP) is 3.20. The van der Waals surface area contributed by atoms with Crippen molar-refractivity contribution < 1.29 is 4.79 Å². The molecule has 0 N–H and O–H groups in total. The molecule has 1 aromatic carbocycles. The molecule has 2 heterocycles. The molecule has 120 valence electrons. The number of amides is 1. The molecule has 1 atom stereocenters. The standard InChI is InChI=1S/C19H28N2O/c1-14-10-15(2)18(16(3)11-14)13-20-8-4-6-17(12-20)21-9-5-7-19(21)22/h10-11,17H,4-9,12-13H2,1-3H3/t17-/m1/s1. The van der Waals surface area contributed by atoms with Crippen LogP contribution in [0, 0.1) is 20.8 Å². The third-order valence-corrected chi connectivity index (χ3v) is 5.25. The van der Waals surface area contributed by atoms with E-state index in [1.807, 2.05) is 0 Å². The molecule has 0 saturated carbocycles. The number of benzene rings is 1. The Kier molecular flexibility index (Phi) is 4.53. The van der Waals surface area contributed by atoms with Crippen LogP contribution in [-0.2, 0) is 11.3 Å². The van der Waals surface area contributed by atoms with Crippen molar-refractivity contribution in [3.8, 4) is 0 Å². The number of hydrogen-bond donors (Lipinski definition) is 0. The van der Waals surface area contributed by atoms with Gasteiger partial charge in [-0.3, -0.25) is 9.69 Å². The Bertz CT molecular complexity index is 544. The molecule has 0 aliphatic carbocycles. The van der Waals surface area contributed by atoms with Gasteiger partial charge in [-0.1, -0.05) is 17.7 Å². The second-order valence-corrected chi connectivity index (χ2v) is 7.10. The van der Waals surface area contributed by atoms with Gasteiger partial charge >= 0.3 is 0 Å². The maximum absolute atomic E-state index is 12.0. The number of rotatable bonds is 3. The summed E-state index contributed by atoms with van der Waals surface area (Å²) in [4.78, 5) is 16.7. The van der Waals surface area contributed by atoms with E-state index in [0.717, 1.165) is 39.0 Å². The van der Waals surface area contributed by atoms with Crippen molar-refractivity contribution >= 4 is 5.91 Å². The second kappa shape index (κ2) is 6.41. The zero-order chi connectivity index (χ0) is 15.7. The molecule has 0 bridgehead atoms. The van der Waals surface area contributed by atoms with Gasteiger partial charge in [-0.25, -0.2) is 0 Å². The van der Waals surface area contributed by atoms with E-state index in [2.05, 4.69) is 42.7 Å². The molecule has 22 heavy (non-hydrogen) atoms. The molecule has 2 aliphatic rings. The maximum Gasteiger partial charge on any atom is 0.222 e. The zero-order valence-corrected chi connectivity index (χ0v) is 14.2. The summed E-state index contributed by atoms with van der Waals surface area (Å²) >= 11 is 0. The van der Waals surface area contributed by atoms with E-state index < -0.39 is 0 Å². The van der Waals surface area contributed by atoms with Crippen molar-refractivity contribution in [2.24, 2.45) is 0 Å². The van der Waals surface area contributed by atoms with Crippen molar-refractivity contribution in [2.45, 2.75) is 59.0 Å². The van der Waals surface area contributed by atoms with Crippen molar-refractivity contribution in [3.63, 3.8) is 0 Å². The van der Waals surface area contributed by atoms with E-state index in [1.165, 1.54) is 35.1 Å². The van der Waals surface area contributed by atoms with Crippen LogP contribution in [0.25, 0.3) is 0 Å². The van der Waals surface area contributed by atoms with Gasteiger partial charge in [-0.05, 0) is 63.3 Å². The predicted molar refractivity (Wildman–Crippen MR) is 89.9 cm³/mol. The van der Waals surface area contributed by atoms with Crippen LogP contribution in [0.3, 0.4) is 0 Å². The Hall–Kier alpha value is -1.35. The first-order valence-corrected chi connectivity index (χ1v) is 8.63. The van der Waals surface area contributed by atoms with E-state index in [0.29, 0.717) is 11.9 Å². The van der Waals surface area contributed by atoms with Gasteiger partial charge in [0.05, 0.1) is 0 Å². The summed E-state index contributed by atoms with van der Waals surface area (Å²) in [7, 11) is 0. The van der Waals surface area contributed by atoms with Gasteiger partial charge in [-0.15, -0.1) is 0 Å². The summed E-state index contributed by atoms with van der Waals surface area (Å²) in [6, 6.07) is 5.01. The lowest BCUT2D eigenvalue weighted by Crippen LogP contribution is -2.48. The van der Waals surface area contributed by atoms with Gasteiger partial charge in [-0.2, -0.15) is 0 Å². The Balaban J connectivity index is 1.69. The molecule has 0 unspecified atom stereocenters. The van der Waals surface area contributed by atoms with Crippen molar-refractivity contribution in [3.05, 3.63) is 34.4 Å². The van der Waals surface area contributed by atoms with E-state index in [9.17, 15) is 4.79 Å². The van der Waals surface area contributed by atoms with Crippen LogP contribution in [0.15, 0.2) is 12.1 Å². The molecular formula is C19H28N2O. The van der Waals surface area contributed by atoms with Crippen LogP contribution < -0.4 is 0 Å². The molecule has 3 nitrogen and oxygen atoms in total. The average molecular weight is 300 g/mol. The largest absolute Gasteiger partial charge is 0.338 e. The van der Waals surface area contributed by atoms with Gasteiger partial charge in [0.15, 0.2) is 0 Å². The summed E-state index contributed by atoms with van der Waals surface area (Å²) < 4.78 is 0. The Morgan fingerprint density at radius 3 is 2.45 bits per heavy atom. The molecule has 2 aliphatic heterocycles. The number of carbonyl (C=O) groups is 1. The Labute approximate surface area is 134 Å². The number of nitrogens with zero attached hydrogens (tertiary/aromatic N) is 2. The molecule has 2 fully saturated rings. The summed E-state index contributed by atoms with van der Waals surface area (Å²) in [6.07, 6.45) is 4.19. The molecular weight excluding hydrogens is 272 g/mol. The molecule has 0 aromatic heterocycles. The van der Waals surface area contributed by atoms with Gasteiger partial charge < -0.3 is 4.90 Å². The first kappa shape index (κ1) is 15.5. The Morgan fingerprint density at radius 1 is 1.09 bits per heavy atom. The topological polar surface area (TPSA) is 23.6 Å². The minimum Gasteiger partial charge on any atom is -0.338 e. The molecule has 1 amide bonds. The summed E-state index contributed by atoms with van der Waals surface area (Å²) in [6.45, 7) is 10.8. The number of hydrogen-bond acceptors (Lipinski definition) is 2. The molecule has 1 aromatic rings. The number of aryl methyl sites for hydroxylation is 3. The lowest BCUT2D eigenvalue weighted by molar-refractivity contribution is -0.130. The fourth-order valence-electron chi connectivity index (χ4n) is 4.17. The maximum atomic E-state index is 12.0. The number of carbonyl (C=O) groups excluding carboxylic acids is 1. The first-order chi connectivity index (χ1) is 10.5. The molecule has 3 heteroatoms. The van der Waals surface area contributed by atoms with E-state index in [4.69, 9.17) is 0 Å². The molecule has 0 spiro atoms. The summed E-state index contributed by atoms with van der Waals surface area (Å²) in [5.41, 5.74) is 5.62. The quantitative estimate of drug-likeness (QED) is 0.856. The van der Waals surface area contributed by atoms with Gasteiger partial charge in [0.25, 0.3) is 0 Å². The fourth-order valence-corrected chi connectivity index (χ4v) is 4.17. The van der Waals surface area contributed by atoms with Crippen molar-refractivity contribution in [1.29, 1.82) is 0 Å². The smallest absolute Gasteiger partial charge is 0.222 e. The van der Waals surface area contributed by atoms with Crippen LogP contribution in [0.4, 0.5) is 0 Å².